The van der Waals surface area contributed by atoms with Gasteiger partial charge in [0, 0.05) is 12.6 Å². The van der Waals surface area contributed by atoms with Crippen molar-refractivity contribution in [3.63, 3.8) is 0 Å². The number of aromatic nitrogens is 3. The van der Waals surface area contributed by atoms with Crippen LogP contribution in [0.25, 0.3) is 5.65 Å². The summed E-state index contributed by atoms with van der Waals surface area (Å²) in [6.07, 6.45) is 3.26. The Labute approximate surface area is 104 Å². The van der Waals surface area contributed by atoms with Crippen LogP contribution in [0.4, 0.5) is 0 Å². The lowest BCUT2D eigenvalue weighted by Crippen LogP contribution is -1.92. The van der Waals surface area contributed by atoms with E-state index in [0.29, 0.717) is 17.6 Å². The molecule has 0 unspecified atom stereocenters. The first-order chi connectivity index (χ1) is 8.86. The number of aldehydes is 1. The van der Waals surface area contributed by atoms with E-state index in [1.54, 1.807) is 22.8 Å². The number of hydrogen-bond donors (Lipinski definition) is 0. The molecule has 0 radical (unpaired) electrons. The summed E-state index contributed by atoms with van der Waals surface area (Å²) in [5.41, 5.74) is 2.32. The number of hydrogen-bond acceptors (Lipinski definition) is 3. The van der Waals surface area contributed by atoms with Gasteiger partial charge >= 0.3 is 0 Å². The maximum atomic E-state index is 10.9. The lowest BCUT2D eigenvalue weighted by molar-refractivity contribution is 0.112. The summed E-state index contributed by atoms with van der Waals surface area (Å²) >= 11 is 0. The highest BCUT2D eigenvalue weighted by molar-refractivity contribution is 5.83. The number of fused-ring (bicyclic) bond motifs is 1. The number of rotatable bonds is 3. The number of carbonyl (C=O) groups is 1. The van der Waals surface area contributed by atoms with Gasteiger partial charge in [0.1, 0.15) is 0 Å². The molecule has 0 aliphatic rings. The summed E-state index contributed by atoms with van der Waals surface area (Å²) < 4.78 is 1.64. The number of benzene rings is 1. The molecule has 3 rings (SSSR count). The van der Waals surface area contributed by atoms with Gasteiger partial charge in [-0.25, -0.2) is 9.50 Å². The van der Waals surface area contributed by atoms with Crippen LogP contribution in [0.15, 0.2) is 48.7 Å². The molecule has 18 heavy (non-hydrogen) atoms. The van der Waals surface area contributed by atoms with E-state index in [9.17, 15) is 4.79 Å². The third kappa shape index (κ3) is 1.88. The van der Waals surface area contributed by atoms with E-state index in [1.807, 2.05) is 30.3 Å². The van der Waals surface area contributed by atoms with Gasteiger partial charge in [-0.15, -0.1) is 0 Å². The fraction of sp³-hybridized carbons (Fsp3) is 0.0714. The van der Waals surface area contributed by atoms with Crippen LogP contribution in [0.3, 0.4) is 0 Å². The molecule has 2 aromatic heterocycles. The largest absolute Gasteiger partial charge is 0.298 e. The molecule has 0 aliphatic carbocycles. The fourth-order valence-electron chi connectivity index (χ4n) is 1.92. The van der Waals surface area contributed by atoms with Crippen LogP contribution in [0, 0.1) is 0 Å². The molecule has 3 aromatic rings. The molecule has 88 valence electrons. The Kier molecular flexibility index (Phi) is 2.61. The van der Waals surface area contributed by atoms with Crippen molar-refractivity contribution in [3.8, 4) is 0 Å². The first-order valence-electron chi connectivity index (χ1n) is 5.70. The van der Waals surface area contributed by atoms with E-state index >= 15 is 0 Å². The predicted molar refractivity (Wildman–Crippen MR) is 67.6 cm³/mol. The standard InChI is InChI=1S/C14H11N3O/c18-10-12-7-4-8-17-14(12)15-13(16-17)9-11-5-2-1-3-6-11/h1-8,10H,9H2. The summed E-state index contributed by atoms with van der Waals surface area (Å²) in [7, 11) is 0. The lowest BCUT2D eigenvalue weighted by Gasteiger charge is -1.94. The van der Waals surface area contributed by atoms with Crippen LogP contribution >= 0.6 is 0 Å². The van der Waals surface area contributed by atoms with Crippen LogP contribution in [0.1, 0.15) is 21.7 Å². The van der Waals surface area contributed by atoms with E-state index < -0.39 is 0 Å². The average molecular weight is 237 g/mol. The molecule has 0 spiro atoms. The molecule has 4 heteroatoms. The predicted octanol–water partition coefficient (Wildman–Crippen LogP) is 2.13. The Morgan fingerprint density at radius 1 is 1.11 bits per heavy atom. The molecule has 0 aliphatic heterocycles. The summed E-state index contributed by atoms with van der Waals surface area (Å²) in [6, 6.07) is 13.6. The second-order valence-electron chi connectivity index (χ2n) is 4.04. The van der Waals surface area contributed by atoms with Crippen LogP contribution in [-0.4, -0.2) is 20.9 Å². The topological polar surface area (TPSA) is 47.3 Å². The van der Waals surface area contributed by atoms with E-state index in [-0.39, 0.29) is 0 Å². The minimum Gasteiger partial charge on any atom is -0.298 e. The highest BCUT2D eigenvalue weighted by atomic mass is 16.1. The first-order valence-corrected chi connectivity index (χ1v) is 5.70. The molecule has 0 N–H and O–H groups in total. The Hall–Kier alpha value is -2.49. The van der Waals surface area contributed by atoms with Gasteiger partial charge < -0.3 is 0 Å². The quantitative estimate of drug-likeness (QED) is 0.656. The smallest absolute Gasteiger partial charge is 0.166 e. The van der Waals surface area contributed by atoms with Crippen LogP contribution in [-0.2, 0) is 6.42 Å². The molecular formula is C14H11N3O. The van der Waals surface area contributed by atoms with E-state index in [0.717, 1.165) is 17.7 Å². The summed E-state index contributed by atoms with van der Waals surface area (Å²) in [5, 5.41) is 4.36. The molecule has 0 amide bonds. The normalized spacial score (nSPS) is 10.7. The van der Waals surface area contributed by atoms with Crippen molar-refractivity contribution in [1.29, 1.82) is 0 Å². The maximum Gasteiger partial charge on any atom is 0.166 e. The Bertz CT molecular complexity index is 689. The minimum absolute atomic E-state index is 0.560. The molecular weight excluding hydrogens is 226 g/mol. The van der Waals surface area contributed by atoms with E-state index in [4.69, 9.17) is 0 Å². The Morgan fingerprint density at radius 3 is 2.72 bits per heavy atom. The monoisotopic (exact) mass is 237 g/mol. The number of carbonyl (C=O) groups excluding carboxylic acids is 1. The third-order valence-electron chi connectivity index (χ3n) is 2.77. The summed E-state index contributed by atoms with van der Waals surface area (Å²) in [6.45, 7) is 0. The molecule has 4 nitrogen and oxygen atoms in total. The van der Waals surface area contributed by atoms with Crippen molar-refractivity contribution in [2.45, 2.75) is 6.42 Å². The van der Waals surface area contributed by atoms with Gasteiger partial charge in [-0.1, -0.05) is 30.3 Å². The molecule has 0 atom stereocenters. The third-order valence-corrected chi connectivity index (χ3v) is 2.77. The zero-order valence-corrected chi connectivity index (χ0v) is 9.65. The van der Waals surface area contributed by atoms with E-state index in [2.05, 4.69) is 10.1 Å². The molecule has 0 saturated heterocycles. The Balaban J connectivity index is 2.01. The Morgan fingerprint density at radius 2 is 1.94 bits per heavy atom. The van der Waals surface area contributed by atoms with Gasteiger partial charge in [0.05, 0.1) is 5.56 Å². The van der Waals surface area contributed by atoms with Crippen LogP contribution in [0.2, 0.25) is 0 Å². The summed E-state index contributed by atoms with van der Waals surface area (Å²) in [5.74, 6) is 0.718. The molecule has 0 bridgehead atoms. The number of pyridine rings is 1. The zero-order valence-electron chi connectivity index (χ0n) is 9.65. The van der Waals surface area contributed by atoms with Gasteiger partial charge in [-0.3, -0.25) is 4.79 Å². The number of nitrogens with zero attached hydrogens (tertiary/aromatic N) is 3. The lowest BCUT2D eigenvalue weighted by atomic mass is 10.1. The van der Waals surface area contributed by atoms with Crippen LogP contribution < -0.4 is 0 Å². The van der Waals surface area contributed by atoms with Crippen molar-refractivity contribution in [2.24, 2.45) is 0 Å². The van der Waals surface area contributed by atoms with Gasteiger partial charge in [-0.05, 0) is 17.7 Å². The molecule has 0 saturated carbocycles. The summed E-state index contributed by atoms with van der Waals surface area (Å²) in [4.78, 5) is 15.3. The van der Waals surface area contributed by atoms with Crippen molar-refractivity contribution < 1.29 is 4.79 Å². The highest BCUT2D eigenvalue weighted by Crippen LogP contribution is 2.10. The van der Waals surface area contributed by atoms with Gasteiger partial charge in [0.2, 0.25) is 0 Å². The average Bonchev–Trinajstić information content (AvgIpc) is 2.82. The fourth-order valence-corrected chi connectivity index (χ4v) is 1.92. The second kappa shape index (κ2) is 4.41. The minimum atomic E-state index is 0.560. The second-order valence-corrected chi connectivity index (χ2v) is 4.04. The maximum absolute atomic E-state index is 10.9. The van der Waals surface area contributed by atoms with Gasteiger partial charge in [0.15, 0.2) is 17.8 Å². The first kappa shape index (κ1) is 10.7. The molecule has 1 aromatic carbocycles. The molecule has 2 heterocycles. The zero-order chi connectivity index (χ0) is 12.4. The SMILES string of the molecule is O=Cc1cccn2nc(Cc3ccccc3)nc12. The van der Waals surface area contributed by atoms with Crippen molar-refractivity contribution in [2.75, 3.05) is 0 Å². The highest BCUT2D eigenvalue weighted by Gasteiger charge is 2.07. The van der Waals surface area contributed by atoms with Crippen molar-refractivity contribution >= 4 is 11.9 Å². The van der Waals surface area contributed by atoms with E-state index in [1.165, 1.54) is 0 Å². The van der Waals surface area contributed by atoms with Gasteiger partial charge in [-0.2, -0.15) is 5.10 Å². The van der Waals surface area contributed by atoms with Crippen molar-refractivity contribution in [3.05, 3.63) is 65.6 Å². The van der Waals surface area contributed by atoms with Gasteiger partial charge in [0.25, 0.3) is 0 Å². The van der Waals surface area contributed by atoms with Crippen molar-refractivity contribution in [1.82, 2.24) is 14.6 Å². The molecule has 0 fully saturated rings. The van der Waals surface area contributed by atoms with Crippen LogP contribution in [0.5, 0.6) is 0 Å².